The molecule has 1 aromatic rings. The van der Waals surface area contributed by atoms with Crippen molar-refractivity contribution in [2.45, 2.75) is 37.0 Å². The molecule has 0 atom stereocenters. The van der Waals surface area contributed by atoms with Crippen molar-refractivity contribution in [3.8, 4) is 5.75 Å². The van der Waals surface area contributed by atoms with Gasteiger partial charge in [0.1, 0.15) is 5.75 Å². The van der Waals surface area contributed by atoms with E-state index in [4.69, 9.17) is 4.74 Å². The zero-order valence-electron chi connectivity index (χ0n) is 11.6. The van der Waals surface area contributed by atoms with Gasteiger partial charge >= 0.3 is 0 Å². The summed E-state index contributed by atoms with van der Waals surface area (Å²) in [4.78, 5) is 12.9. The maximum Gasteiger partial charge on any atom is 0.258 e. The molecule has 1 aliphatic carbocycles. The Hall–Kier alpha value is -1.42. The third-order valence-corrected chi connectivity index (χ3v) is 5.37. The highest BCUT2D eigenvalue weighted by Gasteiger charge is 2.42. The van der Waals surface area contributed by atoms with E-state index in [-0.39, 0.29) is 10.8 Å². The van der Waals surface area contributed by atoms with Crippen molar-refractivity contribution in [3.05, 3.63) is 34.7 Å². The molecule has 1 spiro atoms. The first kappa shape index (κ1) is 13.6. The molecule has 3 nitrogen and oxygen atoms in total. The number of nitrogens with one attached hydrogen (secondary N) is 1. The van der Waals surface area contributed by atoms with Crippen molar-refractivity contribution in [1.82, 2.24) is 5.32 Å². The van der Waals surface area contributed by atoms with E-state index < -0.39 is 0 Å². The lowest BCUT2D eigenvalue weighted by atomic mass is 9.95. The molecule has 1 saturated heterocycles. The summed E-state index contributed by atoms with van der Waals surface area (Å²) in [5, 5.41) is 3.19. The minimum Gasteiger partial charge on any atom is -0.497 e. The first-order valence-corrected chi connectivity index (χ1v) is 7.90. The van der Waals surface area contributed by atoms with Crippen LogP contribution in [0.4, 0.5) is 0 Å². The van der Waals surface area contributed by atoms with E-state index >= 15 is 0 Å². The molecule has 20 heavy (non-hydrogen) atoms. The molecule has 1 amide bonds. The van der Waals surface area contributed by atoms with Gasteiger partial charge in [-0.25, -0.2) is 0 Å². The summed E-state index contributed by atoms with van der Waals surface area (Å²) in [6.07, 6.45) is 7.86. The molecule has 0 aromatic heterocycles. The number of amides is 1. The number of methoxy groups -OCH3 is 1. The molecule has 1 aromatic carbocycles. The van der Waals surface area contributed by atoms with Gasteiger partial charge in [0.2, 0.25) is 0 Å². The molecule has 2 fully saturated rings. The molecule has 1 saturated carbocycles. The van der Waals surface area contributed by atoms with Gasteiger partial charge in [-0.15, -0.1) is 0 Å². The summed E-state index contributed by atoms with van der Waals surface area (Å²) in [7, 11) is 1.65. The minimum absolute atomic E-state index is 0.0341. The van der Waals surface area contributed by atoms with Crippen molar-refractivity contribution in [3.63, 3.8) is 0 Å². The predicted molar refractivity (Wildman–Crippen MR) is 82.5 cm³/mol. The molecule has 1 N–H and O–H groups in total. The standard InChI is InChI=1S/C16H19NO2S/c1-19-13-7-5-12(6-8-13)11-14-15(18)17-16(20-14)9-3-2-4-10-16/h5-8,11H,2-4,9-10H2,1H3,(H,17,18)/b14-11+. The molecule has 1 aliphatic heterocycles. The van der Waals surface area contributed by atoms with E-state index in [2.05, 4.69) is 5.32 Å². The number of ether oxygens (including phenoxy) is 1. The van der Waals surface area contributed by atoms with E-state index in [9.17, 15) is 4.79 Å². The summed E-state index contributed by atoms with van der Waals surface area (Å²) >= 11 is 1.72. The van der Waals surface area contributed by atoms with Crippen molar-refractivity contribution >= 4 is 23.7 Å². The van der Waals surface area contributed by atoms with Gasteiger partial charge in [-0.3, -0.25) is 4.79 Å². The molecule has 3 rings (SSSR count). The quantitative estimate of drug-likeness (QED) is 0.846. The van der Waals surface area contributed by atoms with Crippen LogP contribution in [0.2, 0.25) is 0 Å². The summed E-state index contributed by atoms with van der Waals surface area (Å²) in [5.41, 5.74) is 1.04. The molecular formula is C16H19NO2S. The van der Waals surface area contributed by atoms with Crippen molar-refractivity contribution in [2.75, 3.05) is 7.11 Å². The molecule has 0 bridgehead atoms. The first-order valence-electron chi connectivity index (χ1n) is 7.08. The second kappa shape index (κ2) is 5.52. The SMILES string of the molecule is COc1ccc(/C=C2/SC3(CCCCC3)NC2=O)cc1. The summed E-state index contributed by atoms with van der Waals surface area (Å²) in [5.74, 6) is 0.909. The number of carbonyl (C=O) groups excluding carboxylic acids is 1. The monoisotopic (exact) mass is 289 g/mol. The highest BCUT2D eigenvalue weighted by Crippen LogP contribution is 2.46. The van der Waals surface area contributed by atoms with Crippen LogP contribution in [0.15, 0.2) is 29.2 Å². The Balaban J connectivity index is 1.79. The maximum atomic E-state index is 12.2. The van der Waals surface area contributed by atoms with Crippen LogP contribution in [0.3, 0.4) is 0 Å². The maximum absolute atomic E-state index is 12.2. The Morgan fingerprint density at radius 3 is 2.55 bits per heavy atom. The first-order chi connectivity index (χ1) is 9.71. The molecule has 4 heteroatoms. The summed E-state index contributed by atoms with van der Waals surface area (Å²) in [6.45, 7) is 0. The Morgan fingerprint density at radius 1 is 1.20 bits per heavy atom. The zero-order chi connectivity index (χ0) is 14.0. The average molecular weight is 289 g/mol. The second-order valence-corrected chi connectivity index (χ2v) is 6.82. The van der Waals surface area contributed by atoms with Gasteiger partial charge in [0, 0.05) is 0 Å². The van der Waals surface area contributed by atoms with Gasteiger partial charge in [0.25, 0.3) is 5.91 Å². The van der Waals surface area contributed by atoms with E-state index in [0.29, 0.717) is 0 Å². The normalized spacial score (nSPS) is 23.1. The largest absolute Gasteiger partial charge is 0.497 e. The number of hydrogen-bond donors (Lipinski definition) is 1. The Labute approximate surface area is 123 Å². The van der Waals surface area contributed by atoms with Gasteiger partial charge in [0.15, 0.2) is 0 Å². The second-order valence-electron chi connectivity index (χ2n) is 5.39. The van der Waals surface area contributed by atoms with Crippen molar-refractivity contribution in [2.24, 2.45) is 0 Å². The van der Waals surface area contributed by atoms with E-state index in [1.54, 1.807) is 18.9 Å². The Bertz CT molecular complexity index is 530. The number of rotatable bonds is 2. The van der Waals surface area contributed by atoms with Crippen LogP contribution >= 0.6 is 11.8 Å². The van der Waals surface area contributed by atoms with Crippen LogP contribution < -0.4 is 10.1 Å². The predicted octanol–water partition coefficient (Wildman–Crippen LogP) is 3.56. The van der Waals surface area contributed by atoms with Crippen molar-refractivity contribution < 1.29 is 9.53 Å². The van der Waals surface area contributed by atoms with Crippen LogP contribution in [0, 0.1) is 0 Å². The third-order valence-electron chi connectivity index (χ3n) is 3.95. The van der Waals surface area contributed by atoms with E-state index in [1.807, 2.05) is 30.3 Å². The van der Waals surface area contributed by atoms with E-state index in [0.717, 1.165) is 29.1 Å². The number of thioether (sulfide) groups is 1. The molecule has 0 radical (unpaired) electrons. The van der Waals surface area contributed by atoms with Gasteiger partial charge in [-0.05, 0) is 36.6 Å². The lowest BCUT2D eigenvalue weighted by Crippen LogP contribution is -2.40. The van der Waals surface area contributed by atoms with Gasteiger partial charge in [-0.2, -0.15) is 0 Å². The van der Waals surface area contributed by atoms with Gasteiger partial charge < -0.3 is 10.1 Å². The van der Waals surface area contributed by atoms with Gasteiger partial charge in [-0.1, -0.05) is 43.2 Å². The van der Waals surface area contributed by atoms with Crippen LogP contribution in [0.25, 0.3) is 6.08 Å². The fourth-order valence-corrected chi connectivity index (χ4v) is 4.24. The van der Waals surface area contributed by atoms with Gasteiger partial charge in [0.05, 0.1) is 16.9 Å². The topological polar surface area (TPSA) is 38.3 Å². The number of hydrogen-bond acceptors (Lipinski definition) is 3. The van der Waals surface area contributed by atoms with Crippen LogP contribution in [-0.4, -0.2) is 17.9 Å². The zero-order valence-corrected chi connectivity index (χ0v) is 12.5. The summed E-state index contributed by atoms with van der Waals surface area (Å²) in [6, 6.07) is 7.79. The number of benzene rings is 1. The lowest BCUT2D eigenvalue weighted by Gasteiger charge is -2.31. The fraction of sp³-hybridized carbons (Fsp3) is 0.438. The molecular weight excluding hydrogens is 270 g/mol. The van der Waals surface area contributed by atoms with Crippen LogP contribution in [0.1, 0.15) is 37.7 Å². The number of carbonyl (C=O) groups is 1. The minimum atomic E-state index is -0.0341. The van der Waals surface area contributed by atoms with Crippen molar-refractivity contribution in [1.29, 1.82) is 0 Å². The van der Waals surface area contributed by atoms with Crippen LogP contribution in [0.5, 0.6) is 5.75 Å². The smallest absolute Gasteiger partial charge is 0.258 e. The van der Waals surface area contributed by atoms with E-state index in [1.165, 1.54) is 19.3 Å². The lowest BCUT2D eigenvalue weighted by molar-refractivity contribution is -0.117. The highest BCUT2D eigenvalue weighted by atomic mass is 32.2. The third kappa shape index (κ3) is 2.70. The summed E-state index contributed by atoms with van der Waals surface area (Å²) < 4.78 is 5.15. The average Bonchev–Trinajstić information content (AvgIpc) is 2.76. The molecule has 0 unspecified atom stereocenters. The highest BCUT2D eigenvalue weighted by molar-refractivity contribution is 8.06. The van der Waals surface area contributed by atoms with Crippen LogP contribution in [-0.2, 0) is 4.79 Å². The molecule has 106 valence electrons. The molecule has 1 heterocycles. The molecule has 2 aliphatic rings. The Kier molecular flexibility index (Phi) is 3.74. The fourth-order valence-electron chi connectivity index (χ4n) is 2.85. The Morgan fingerprint density at radius 2 is 1.90 bits per heavy atom.